The van der Waals surface area contributed by atoms with Gasteiger partial charge in [-0.2, -0.15) is 0 Å². The molecular weight excluding hydrogens is 256 g/mol. The van der Waals surface area contributed by atoms with Crippen LogP contribution in [0.15, 0.2) is 36.4 Å². The van der Waals surface area contributed by atoms with E-state index < -0.39 is 0 Å². The molecule has 0 unspecified atom stereocenters. The zero-order valence-electron chi connectivity index (χ0n) is 13.9. The molecule has 0 N–H and O–H groups in total. The first-order valence-electron chi connectivity index (χ1n) is 7.89. The minimum Gasteiger partial charge on any atom is -0.483 e. The molecule has 0 saturated heterocycles. The number of unbranched alkanes of at least 4 members (excludes halogenated alkanes) is 1. The molecule has 0 saturated carbocycles. The van der Waals surface area contributed by atoms with Crippen molar-refractivity contribution in [3.8, 4) is 5.75 Å². The lowest BCUT2D eigenvalue weighted by Gasteiger charge is -2.29. The highest BCUT2D eigenvalue weighted by Gasteiger charge is 2.23. The first-order chi connectivity index (χ1) is 9.98. The lowest BCUT2D eigenvalue weighted by Crippen LogP contribution is -2.27. The molecule has 2 aromatic rings. The van der Waals surface area contributed by atoms with Crippen molar-refractivity contribution in [2.75, 3.05) is 0 Å². The van der Waals surface area contributed by atoms with E-state index in [-0.39, 0.29) is 5.60 Å². The van der Waals surface area contributed by atoms with Gasteiger partial charge in [-0.1, -0.05) is 57.0 Å². The number of aryl methyl sites for hydroxylation is 1. The van der Waals surface area contributed by atoms with Crippen LogP contribution in [0.3, 0.4) is 0 Å². The summed E-state index contributed by atoms with van der Waals surface area (Å²) in [6, 6.07) is 10.6. The average molecular weight is 282 g/mol. The molecule has 1 nitrogen and oxygen atoms in total. The molecule has 0 radical (unpaired) electrons. The van der Waals surface area contributed by atoms with Crippen molar-refractivity contribution in [1.82, 2.24) is 0 Å². The fourth-order valence-electron chi connectivity index (χ4n) is 2.40. The fraction of sp³-hybridized carbons (Fsp3) is 0.400. The van der Waals surface area contributed by atoms with Gasteiger partial charge in [0.1, 0.15) is 11.4 Å². The summed E-state index contributed by atoms with van der Waals surface area (Å²) in [6.45, 7) is 10.7. The molecule has 0 bridgehead atoms. The number of rotatable bonds is 1. The highest BCUT2D eigenvalue weighted by Crippen LogP contribution is 2.37. The van der Waals surface area contributed by atoms with Crippen LogP contribution in [-0.4, -0.2) is 5.60 Å². The molecule has 1 aliphatic rings. The number of hydrogen-bond acceptors (Lipinski definition) is 1. The van der Waals surface area contributed by atoms with Gasteiger partial charge >= 0.3 is 0 Å². The van der Waals surface area contributed by atoms with Crippen LogP contribution in [0, 0.1) is 6.92 Å². The van der Waals surface area contributed by atoms with Gasteiger partial charge in [0.15, 0.2) is 0 Å². The molecule has 0 atom stereocenters. The second-order valence-corrected chi connectivity index (χ2v) is 6.19. The Kier molecular flexibility index (Phi) is 4.72. The third-order valence-electron chi connectivity index (χ3n) is 3.78. The number of benzene rings is 2. The van der Waals surface area contributed by atoms with Crippen LogP contribution >= 0.6 is 0 Å². The summed E-state index contributed by atoms with van der Waals surface area (Å²) >= 11 is 0. The second kappa shape index (κ2) is 6.34. The molecule has 0 amide bonds. The molecule has 21 heavy (non-hydrogen) atoms. The topological polar surface area (TPSA) is 9.23 Å². The van der Waals surface area contributed by atoms with Gasteiger partial charge in [0, 0.05) is 5.56 Å². The molecule has 0 spiro atoms. The van der Waals surface area contributed by atoms with Crippen molar-refractivity contribution in [2.24, 2.45) is 0 Å². The van der Waals surface area contributed by atoms with E-state index in [9.17, 15) is 0 Å². The van der Waals surface area contributed by atoms with Crippen LogP contribution in [0.5, 0.6) is 5.75 Å². The Bertz CT molecular complexity index is 648. The summed E-state index contributed by atoms with van der Waals surface area (Å²) in [4.78, 5) is 0. The Balaban J connectivity index is 0.000000361. The summed E-state index contributed by atoms with van der Waals surface area (Å²) in [5, 5.41) is 2.58. The molecule has 3 rings (SSSR count). The van der Waals surface area contributed by atoms with E-state index in [1.165, 1.54) is 34.7 Å². The van der Waals surface area contributed by atoms with E-state index in [0.717, 1.165) is 5.75 Å². The number of fused-ring (bicyclic) bond motifs is 3. The molecule has 2 aromatic carbocycles. The van der Waals surface area contributed by atoms with Crippen LogP contribution < -0.4 is 4.74 Å². The monoisotopic (exact) mass is 282 g/mol. The van der Waals surface area contributed by atoms with Crippen LogP contribution in [0.1, 0.15) is 51.7 Å². The zero-order chi connectivity index (χ0) is 15.5. The first-order valence-corrected chi connectivity index (χ1v) is 7.89. The summed E-state index contributed by atoms with van der Waals surface area (Å²) in [6.07, 6.45) is 6.94. The smallest absolute Gasteiger partial charge is 0.128 e. The minimum absolute atomic E-state index is 0.206. The maximum atomic E-state index is 6.02. The quantitative estimate of drug-likeness (QED) is 0.610. The van der Waals surface area contributed by atoms with Crippen LogP contribution in [0.25, 0.3) is 16.8 Å². The molecule has 0 aromatic heterocycles. The summed E-state index contributed by atoms with van der Waals surface area (Å²) in [5.74, 6) is 0.994. The summed E-state index contributed by atoms with van der Waals surface area (Å²) in [5.41, 5.74) is 2.26. The molecule has 0 fully saturated rings. The van der Waals surface area contributed by atoms with E-state index in [1.807, 2.05) is 0 Å². The number of hydrogen-bond donors (Lipinski definition) is 0. The Labute approximate surface area is 128 Å². The van der Waals surface area contributed by atoms with E-state index in [2.05, 4.69) is 77.1 Å². The van der Waals surface area contributed by atoms with E-state index in [1.54, 1.807) is 0 Å². The highest BCUT2D eigenvalue weighted by molar-refractivity contribution is 5.95. The van der Waals surface area contributed by atoms with Gasteiger partial charge in [-0.25, -0.2) is 0 Å². The van der Waals surface area contributed by atoms with Crippen molar-refractivity contribution in [3.05, 3.63) is 47.5 Å². The lowest BCUT2D eigenvalue weighted by molar-refractivity contribution is 0.159. The SMILES string of the molecule is CCCC.Cc1cc2c(c3ccccc13)C=CC(C)(C)O2. The third-order valence-corrected chi connectivity index (χ3v) is 3.78. The van der Waals surface area contributed by atoms with Gasteiger partial charge in [-0.3, -0.25) is 0 Å². The second-order valence-electron chi connectivity index (χ2n) is 6.19. The zero-order valence-corrected chi connectivity index (χ0v) is 13.9. The largest absolute Gasteiger partial charge is 0.483 e. The van der Waals surface area contributed by atoms with Crippen molar-refractivity contribution in [2.45, 2.75) is 53.1 Å². The van der Waals surface area contributed by atoms with Crippen molar-refractivity contribution in [3.63, 3.8) is 0 Å². The molecule has 1 heterocycles. The first kappa shape index (κ1) is 15.6. The van der Waals surface area contributed by atoms with Crippen molar-refractivity contribution in [1.29, 1.82) is 0 Å². The maximum Gasteiger partial charge on any atom is 0.128 e. The standard InChI is InChI=1S/C16H16O.C4H10/c1-11-10-15-14(8-9-16(2,3)17-15)13-7-5-4-6-12(11)13;1-3-4-2/h4-10H,1-3H3;3-4H2,1-2H3. The predicted octanol–water partition coefficient (Wildman–Crippen LogP) is 6.14. The van der Waals surface area contributed by atoms with Gasteiger partial charge in [0.2, 0.25) is 0 Å². The fourth-order valence-corrected chi connectivity index (χ4v) is 2.40. The van der Waals surface area contributed by atoms with Crippen LogP contribution in [0.2, 0.25) is 0 Å². The Morgan fingerprint density at radius 1 is 1.00 bits per heavy atom. The Morgan fingerprint density at radius 2 is 1.62 bits per heavy atom. The predicted molar refractivity (Wildman–Crippen MR) is 93.0 cm³/mol. The van der Waals surface area contributed by atoms with Crippen molar-refractivity contribution < 1.29 is 4.74 Å². The van der Waals surface area contributed by atoms with E-state index >= 15 is 0 Å². The normalized spacial score (nSPS) is 14.9. The third kappa shape index (κ3) is 3.47. The van der Waals surface area contributed by atoms with Crippen LogP contribution in [0.4, 0.5) is 0 Å². The molecule has 1 aliphatic heterocycles. The van der Waals surface area contributed by atoms with E-state index in [0.29, 0.717) is 0 Å². The number of ether oxygens (including phenoxy) is 1. The van der Waals surface area contributed by atoms with E-state index in [4.69, 9.17) is 4.74 Å². The minimum atomic E-state index is -0.206. The van der Waals surface area contributed by atoms with Crippen molar-refractivity contribution >= 4 is 16.8 Å². The van der Waals surface area contributed by atoms with Crippen LogP contribution in [-0.2, 0) is 0 Å². The van der Waals surface area contributed by atoms with Gasteiger partial charge in [-0.05, 0) is 49.2 Å². The van der Waals surface area contributed by atoms with Gasteiger partial charge in [0.05, 0.1) is 0 Å². The molecule has 1 heteroatoms. The Morgan fingerprint density at radius 3 is 2.24 bits per heavy atom. The Hall–Kier alpha value is -1.76. The highest BCUT2D eigenvalue weighted by atomic mass is 16.5. The molecule has 0 aliphatic carbocycles. The molecular formula is C20H26O. The van der Waals surface area contributed by atoms with Gasteiger partial charge < -0.3 is 4.74 Å². The van der Waals surface area contributed by atoms with Gasteiger partial charge in [-0.15, -0.1) is 0 Å². The summed E-state index contributed by atoms with van der Waals surface area (Å²) in [7, 11) is 0. The summed E-state index contributed by atoms with van der Waals surface area (Å²) < 4.78 is 6.02. The lowest BCUT2D eigenvalue weighted by atomic mass is 9.95. The maximum absolute atomic E-state index is 6.02. The van der Waals surface area contributed by atoms with Gasteiger partial charge in [0.25, 0.3) is 0 Å². The molecule has 112 valence electrons. The average Bonchev–Trinajstić information content (AvgIpc) is 2.46.